The molecule has 2 aliphatic carbocycles. The molecule has 390 valence electrons. The number of carbonyl (C=O) groups is 3. The third-order valence-corrected chi connectivity index (χ3v) is 16.0. The molecule has 3 N–H and O–H groups in total. The van der Waals surface area contributed by atoms with Crippen molar-refractivity contribution in [3.05, 3.63) is 59.7 Å². The number of rotatable bonds is 16. The number of nitrogens with two attached hydrogens (primary N) is 1. The highest BCUT2D eigenvalue weighted by Crippen LogP contribution is 2.40. The van der Waals surface area contributed by atoms with E-state index in [2.05, 4.69) is 19.2 Å². The Morgan fingerprint density at radius 1 is 0.638 bits per heavy atom. The van der Waals surface area contributed by atoms with E-state index in [4.69, 9.17) is 5.73 Å². The molecule has 4 fully saturated rings. The van der Waals surface area contributed by atoms with Gasteiger partial charge in [-0.05, 0) is 126 Å². The minimum absolute atomic E-state index is 0.0423. The van der Waals surface area contributed by atoms with E-state index < -0.39 is 61.7 Å². The van der Waals surface area contributed by atoms with Crippen LogP contribution in [0.15, 0.2) is 58.3 Å². The van der Waals surface area contributed by atoms with Crippen molar-refractivity contribution < 1.29 is 57.6 Å². The second-order valence-corrected chi connectivity index (χ2v) is 23.7. The van der Waals surface area contributed by atoms with Gasteiger partial charge in [-0.25, -0.2) is 16.8 Å². The van der Waals surface area contributed by atoms with Gasteiger partial charge in [0.1, 0.15) is 5.78 Å². The van der Waals surface area contributed by atoms with Crippen LogP contribution in [-0.4, -0.2) is 121 Å². The molecule has 0 spiro atoms. The summed E-state index contributed by atoms with van der Waals surface area (Å²) in [5.74, 6) is 0.485. The lowest BCUT2D eigenvalue weighted by molar-refractivity contribution is -0.138. The number of carbonyl (C=O) groups excluding carboxylic acids is 3. The molecule has 69 heavy (non-hydrogen) atoms. The summed E-state index contributed by atoms with van der Waals surface area (Å²) in [5, 5.41) is 3.33. The van der Waals surface area contributed by atoms with E-state index in [1.165, 1.54) is 34.6 Å². The zero-order valence-corrected chi connectivity index (χ0v) is 42.7. The van der Waals surface area contributed by atoms with Gasteiger partial charge in [-0.3, -0.25) is 9.59 Å². The van der Waals surface area contributed by atoms with E-state index in [-0.39, 0.29) is 70.6 Å². The Morgan fingerprint density at radius 2 is 1.01 bits per heavy atom. The number of nitrogens with one attached hydrogen (secondary N) is 1. The Bertz CT molecular complexity index is 2260. The van der Waals surface area contributed by atoms with Crippen molar-refractivity contribution in [3.63, 3.8) is 0 Å². The maximum absolute atomic E-state index is 13.5. The molecule has 2 heterocycles. The summed E-state index contributed by atoms with van der Waals surface area (Å²) in [6, 6.07) is 5.50. The maximum Gasteiger partial charge on any atom is 0.416 e. The van der Waals surface area contributed by atoms with Gasteiger partial charge in [0.05, 0.1) is 33.0 Å². The highest BCUT2D eigenvalue weighted by molar-refractivity contribution is 7.89. The largest absolute Gasteiger partial charge is 0.416 e. The quantitative estimate of drug-likeness (QED) is 0.158. The van der Waals surface area contributed by atoms with Gasteiger partial charge >= 0.3 is 12.4 Å². The van der Waals surface area contributed by atoms with Gasteiger partial charge in [0.2, 0.25) is 31.9 Å². The van der Waals surface area contributed by atoms with Gasteiger partial charge in [-0.1, -0.05) is 53.7 Å². The molecule has 13 nitrogen and oxygen atoms in total. The van der Waals surface area contributed by atoms with E-state index in [9.17, 15) is 57.6 Å². The first-order valence-corrected chi connectivity index (χ1v) is 26.8. The highest BCUT2D eigenvalue weighted by Gasteiger charge is 2.47. The Kier molecular flexibility index (Phi) is 20.3. The number of ketones is 1. The minimum atomic E-state index is -4.63. The fraction of sp³-hybridized carbons (Fsp3) is 0.688. The fourth-order valence-electron chi connectivity index (χ4n) is 8.85. The molecule has 2 amide bonds. The number of halogens is 6. The molecule has 4 atom stereocenters. The summed E-state index contributed by atoms with van der Waals surface area (Å²) in [5.41, 5.74) is 4.07. The van der Waals surface area contributed by atoms with Crippen molar-refractivity contribution in [2.24, 2.45) is 17.6 Å². The van der Waals surface area contributed by atoms with Crippen LogP contribution in [0.4, 0.5) is 26.3 Å². The first-order chi connectivity index (χ1) is 31.9. The summed E-state index contributed by atoms with van der Waals surface area (Å²) in [6.07, 6.45) is -2.98. The molecule has 2 saturated heterocycles. The van der Waals surface area contributed by atoms with Crippen molar-refractivity contribution in [1.82, 2.24) is 23.7 Å². The minimum Gasteiger partial charge on any atom is -0.340 e. The number of sulfonamides is 2. The lowest BCUT2D eigenvalue weighted by Gasteiger charge is -2.40. The molecular formula is C48H72F6N6O7S2. The predicted octanol–water partition coefficient (Wildman–Crippen LogP) is 8.08. The topological polar surface area (TPSA) is 170 Å². The van der Waals surface area contributed by atoms with Crippen LogP contribution in [-0.2, 0) is 46.8 Å². The lowest BCUT2D eigenvalue weighted by Crippen LogP contribution is -2.56. The van der Waals surface area contributed by atoms with Crippen LogP contribution in [0, 0.1) is 11.8 Å². The normalized spacial score (nSPS) is 20.3. The highest BCUT2D eigenvalue weighted by atomic mass is 32.2. The number of benzene rings is 2. The van der Waals surface area contributed by atoms with Crippen molar-refractivity contribution in [1.29, 1.82) is 0 Å². The molecule has 2 saturated carbocycles. The fourth-order valence-corrected chi connectivity index (χ4v) is 12.7. The van der Waals surface area contributed by atoms with Gasteiger partial charge in [-0.2, -0.15) is 35.0 Å². The van der Waals surface area contributed by atoms with E-state index >= 15 is 0 Å². The standard InChI is InChI=1S/C24H36F3N3O3S.C21H30F3N3O3S.C3H6O/c1-16(2)13-22(28-17(3)4)23(31)29-12-6-8-20(15-29)30(19-10-11-19)34(32,33)21-9-5-7-18(14-21)24(25,26)27;1-14(2)11-19(25)20(28)26-10-4-6-17(13-26)27(16-8-9-16)31(29,30)18-7-3-5-15(12-18)21(22,23)24;1-3(2)4/h5,7,9,14,16-17,19-20,22,28H,6,8,10-13,15H2,1-4H3;3,5,7,12,14,16-17,19H,4,6,8-11,13,25H2,1-2H3;1-2H3/t20?,22-;17?,19-;/m00./s1. The van der Waals surface area contributed by atoms with Crippen molar-refractivity contribution in [2.45, 2.75) is 184 Å². The molecule has 6 rings (SSSR count). The summed E-state index contributed by atoms with van der Waals surface area (Å²) in [4.78, 5) is 38.2. The molecule has 0 radical (unpaired) electrons. The van der Waals surface area contributed by atoms with Crippen LogP contribution >= 0.6 is 0 Å². The zero-order valence-electron chi connectivity index (χ0n) is 41.0. The lowest BCUT2D eigenvalue weighted by atomic mass is 9.99. The SMILES string of the molecule is CC(C)=O.CC(C)C[C@H](N)C(=O)N1CCCC(N(C2CC2)S(=O)(=O)c2cccc(C(F)(F)F)c2)C1.CC(C)C[C@H](NC(C)C)C(=O)N1CCCC(N(C2CC2)S(=O)(=O)c2cccc(C(F)(F)F)c2)C1. The Hall–Kier alpha value is -3.63. The number of Topliss-reactive ketones (excluding diaryl/α,β-unsaturated/α-hetero) is 1. The number of amides is 2. The van der Waals surface area contributed by atoms with Crippen molar-refractivity contribution in [3.8, 4) is 0 Å². The third-order valence-electron chi connectivity index (χ3n) is 12.0. The van der Waals surface area contributed by atoms with E-state index in [1.807, 2.05) is 27.7 Å². The maximum atomic E-state index is 13.5. The first kappa shape index (κ1) is 57.9. The Morgan fingerprint density at radius 3 is 1.35 bits per heavy atom. The second-order valence-electron chi connectivity index (χ2n) is 20.0. The van der Waals surface area contributed by atoms with Gasteiger partial charge in [-0.15, -0.1) is 0 Å². The summed E-state index contributed by atoms with van der Waals surface area (Å²) in [6.45, 7) is 16.6. The molecule has 2 unspecified atom stereocenters. The van der Waals surface area contributed by atoms with E-state index in [1.54, 1.807) is 9.80 Å². The van der Waals surface area contributed by atoms with Crippen LogP contribution in [0.25, 0.3) is 0 Å². The smallest absolute Gasteiger partial charge is 0.340 e. The molecule has 2 aromatic carbocycles. The average molecular weight is 1020 g/mol. The Labute approximate surface area is 405 Å². The van der Waals surface area contributed by atoms with Gasteiger partial charge in [0.15, 0.2) is 0 Å². The molecule has 21 heteroatoms. The van der Waals surface area contributed by atoms with Crippen LogP contribution in [0.5, 0.6) is 0 Å². The second kappa shape index (κ2) is 24.2. The average Bonchev–Trinajstić information content (AvgIpc) is 4.20. The van der Waals surface area contributed by atoms with Crippen molar-refractivity contribution >= 4 is 37.6 Å². The first-order valence-electron chi connectivity index (χ1n) is 23.9. The van der Waals surface area contributed by atoms with Gasteiger partial charge in [0, 0.05) is 56.4 Å². The third kappa shape index (κ3) is 16.7. The zero-order chi connectivity index (χ0) is 51.8. The van der Waals surface area contributed by atoms with Crippen LogP contribution < -0.4 is 11.1 Å². The number of nitrogens with zero attached hydrogens (tertiary/aromatic N) is 4. The number of hydrogen-bond donors (Lipinski definition) is 2. The van der Waals surface area contributed by atoms with Gasteiger partial charge < -0.3 is 25.6 Å². The summed E-state index contributed by atoms with van der Waals surface area (Å²) < 4.78 is 136. The number of alkyl halides is 6. The van der Waals surface area contributed by atoms with Crippen LogP contribution in [0.2, 0.25) is 0 Å². The van der Waals surface area contributed by atoms with E-state index in [0.717, 1.165) is 24.3 Å². The summed E-state index contributed by atoms with van der Waals surface area (Å²) in [7, 11) is -8.29. The molecule has 4 aliphatic rings. The molecule has 0 bridgehead atoms. The predicted molar refractivity (Wildman–Crippen MR) is 251 cm³/mol. The summed E-state index contributed by atoms with van der Waals surface area (Å²) >= 11 is 0. The molecule has 2 aliphatic heterocycles. The Balaban J connectivity index is 0.000000280. The van der Waals surface area contributed by atoms with Gasteiger partial charge in [0.25, 0.3) is 0 Å². The molecular weight excluding hydrogens is 951 g/mol. The molecule has 0 aromatic heterocycles. The monoisotopic (exact) mass is 1020 g/mol. The van der Waals surface area contributed by atoms with Crippen molar-refractivity contribution in [2.75, 3.05) is 26.2 Å². The number of hydrogen-bond acceptors (Lipinski definition) is 9. The van der Waals surface area contributed by atoms with Crippen LogP contribution in [0.1, 0.15) is 131 Å². The number of piperidine rings is 2. The van der Waals surface area contributed by atoms with E-state index in [0.29, 0.717) is 95.3 Å². The molecule has 2 aromatic rings. The van der Waals surface area contributed by atoms with Crippen LogP contribution in [0.3, 0.4) is 0 Å². The number of likely N-dealkylation sites (tertiary alicyclic amines) is 2.